The molecule has 1 saturated carbocycles. The Hall–Kier alpha value is -1.10. The molecule has 1 aromatic carbocycles. The van der Waals surface area contributed by atoms with Gasteiger partial charge in [0.25, 0.3) is 0 Å². The summed E-state index contributed by atoms with van der Waals surface area (Å²) >= 11 is 0. The highest BCUT2D eigenvalue weighted by Gasteiger charge is 2.20. The second-order valence-corrected chi connectivity index (χ2v) is 4.69. The topological polar surface area (TPSA) is 50.7 Å². The van der Waals surface area contributed by atoms with Gasteiger partial charge in [-0.05, 0) is 42.8 Å². The van der Waals surface area contributed by atoms with E-state index in [1.165, 1.54) is 12.1 Å². The van der Waals surface area contributed by atoms with Crippen LogP contribution in [-0.4, -0.2) is 43.5 Å². The normalized spacial score (nSPS) is 33.7. The van der Waals surface area contributed by atoms with Crippen molar-refractivity contribution in [1.29, 1.82) is 0 Å². The minimum atomic E-state index is -3.17. The van der Waals surface area contributed by atoms with Crippen molar-refractivity contribution >= 4 is 0 Å². The highest BCUT2D eigenvalue weighted by atomic mass is 16.5. The Morgan fingerprint density at radius 1 is 1.50 bits per heavy atom. The molecular weight excluding hydrogens is 278 g/mol. The van der Waals surface area contributed by atoms with Gasteiger partial charge in [-0.15, -0.1) is 0 Å². The number of nitrogens with one attached hydrogen (secondary N) is 1. The Balaban J connectivity index is 1.83. The summed E-state index contributed by atoms with van der Waals surface area (Å²) in [6.07, 6.45) is -6.53. The lowest BCUT2D eigenvalue weighted by Crippen LogP contribution is -2.35. The zero-order valence-corrected chi connectivity index (χ0v) is 12.0. The molecule has 0 aromatic heterocycles. The van der Waals surface area contributed by atoms with Crippen LogP contribution in [0.3, 0.4) is 0 Å². The number of benzene rings is 1. The first-order valence-electron chi connectivity index (χ1n) is 13.8. The molecule has 0 radical (unpaired) electrons. The van der Waals surface area contributed by atoms with Crippen molar-refractivity contribution in [2.45, 2.75) is 45.0 Å². The number of rotatable bonds is 11. The average molecular weight is 322 g/mol. The number of hydrogen-bond donors (Lipinski definition) is 2. The van der Waals surface area contributed by atoms with E-state index >= 15 is 0 Å². The van der Waals surface area contributed by atoms with E-state index in [-0.39, 0.29) is 19.6 Å². The molecule has 0 heterocycles. The van der Waals surface area contributed by atoms with Crippen molar-refractivity contribution in [3.8, 4) is 5.75 Å². The van der Waals surface area contributed by atoms with Crippen LogP contribution in [0.15, 0.2) is 24.3 Å². The lowest BCUT2D eigenvalue weighted by Gasteiger charge is -2.15. The first kappa shape index (κ1) is 6.42. The van der Waals surface area contributed by atoms with E-state index in [0.29, 0.717) is 11.3 Å². The molecule has 1 atom stereocenters. The molecule has 1 unspecified atom stereocenters. The third kappa shape index (κ3) is 7.25. The maximum Gasteiger partial charge on any atom is 0.119 e. The predicted molar refractivity (Wildman–Crippen MR) is 88.3 cm³/mol. The molecule has 2 rings (SSSR count). The van der Waals surface area contributed by atoms with Crippen LogP contribution in [0.5, 0.6) is 5.75 Å². The molecule has 0 saturated heterocycles. The van der Waals surface area contributed by atoms with Gasteiger partial charge in [0.05, 0.1) is 9.35 Å². The second-order valence-electron chi connectivity index (χ2n) is 4.69. The van der Waals surface area contributed by atoms with Gasteiger partial charge in [0, 0.05) is 35.6 Å². The van der Waals surface area contributed by atoms with Crippen LogP contribution in [0.4, 0.5) is 0 Å². The maximum atomic E-state index is 10.0. The van der Waals surface area contributed by atoms with Gasteiger partial charge in [0.1, 0.15) is 18.5 Å². The molecule has 4 heteroatoms. The molecule has 0 amide bonds. The third-order valence-electron chi connectivity index (χ3n) is 2.80. The summed E-state index contributed by atoms with van der Waals surface area (Å²) < 4.78 is 116. The third-order valence-corrected chi connectivity index (χ3v) is 2.80. The van der Waals surface area contributed by atoms with Crippen molar-refractivity contribution in [2.75, 3.05) is 26.3 Å². The number of ether oxygens (including phenoxy) is 2. The Bertz CT molecular complexity index is 872. The molecule has 1 fully saturated rings. The largest absolute Gasteiger partial charge is 0.491 e. The summed E-state index contributed by atoms with van der Waals surface area (Å²) in [5.41, 5.74) is 0.663. The minimum Gasteiger partial charge on any atom is -0.491 e. The fraction of sp³-hybridized carbons (Fsp3) is 0.667. The fourth-order valence-corrected chi connectivity index (χ4v) is 1.60. The van der Waals surface area contributed by atoms with E-state index in [2.05, 4.69) is 5.32 Å². The average Bonchev–Trinajstić information content (AvgIpc) is 3.07. The SMILES string of the molecule is [2H]C([2H])([2H])C([2H])(NCC(O)COc1ccc(CCOC([2H])([2H])C2([2H])C([2H])([2H])C2([2H])[2H])cc1)C([2H])([2H])[2H]. The van der Waals surface area contributed by atoms with Gasteiger partial charge in [-0.2, -0.15) is 0 Å². The first-order valence-corrected chi connectivity index (χ1v) is 6.84. The molecule has 0 bridgehead atoms. The van der Waals surface area contributed by atoms with E-state index in [1.54, 1.807) is 12.1 Å². The van der Waals surface area contributed by atoms with E-state index < -0.39 is 57.6 Å². The fourth-order valence-electron chi connectivity index (χ4n) is 1.60. The lowest BCUT2D eigenvalue weighted by atomic mass is 10.1. The molecule has 1 aliphatic carbocycles. The van der Waals surface area contributed by atoms with Crippen LogP contribution in [0.25, 0.3) is 0 Å². The molecule has 4 nitrogen and oxygen atoms in total. The number of aliphatic hydroxyl groups excluding tert-OH is 1. The van der Waals surface area contributed by atoms with Gasteiger partial charge in [-0.25, -0.2) is 0 Å². The Kier molecular flexibility index (Phi) is 2.67. The zero-order valence-electron chi connectivity index (χ0n) is 26.0. The van der Waals surface area contributed by atoms with Crippen LogP contribution in [-0.2, 0) is 11.2 Å². The molecular formula is C18H29NO3. The summed E-state index contributed by atoms with van der Waals surface area (Å²) in [5.74, 6) is -2.38. The van der Waals surface area contributed by atoms with Crippen molar-refractivity contribution in [1.82, 2.24) is 5.32 Å². The Morgan fingerprint density at radius 3 is 2.95 bits per heavy atom. The van der Waals surface area contributed by atoms with Crippen molar-refractivity contribution in [3.63, 3.8) is 0 Å². The number of aliphatic hydroxyl groups is 1. The predicted octanol–water partition coefficient (Wildman–Crippen LogP) is 2.39. The molecule has 124 valence electrons. The molecule has 1 aromatic rings. The summed E-state index contributed by atoms with van der Waals surface area (Å²) in [4.78, 5) is 0. The van der Waals surface area contributed by atoms with E-state index in [0.717, 1.165) is 0 Å². The number of hydrogen-bond acceptors (Lipinski definition) is 4. The summed E-state index contributed by atoms with van der Waals surface area (Å²) in [6.45, 7) is -10.3. The van der Waals surface area contributed by atoms with Gasteiger partial charge in [0.15, 0.2) is 0 Å². The first-order chi connectivity index (χ1) is 16.1. The van der Waals surface area contributed by atoms with Crippen LogP contribution in [0.2, 0.25) is 0 Å². The summed E-state index contributed by atoms with van der Waals surface area (Å²) in [7, 11) is 0. The van der Waals surface area contributed by atoms with Gasteiger partial charge >= 0.3 is 0 Å². The molecule has 1 aliphatic rings. The Morgan fingerprint density at radius 2 is 2.27 bits per heavy atom. The van der Waals surface area contributed by atoms with Gasteiger partial charge in [-0.1, -0.05) is 25.8 Å². The van der Waals surface area contributed by atoms with Crippen molar-refractivity contribution < 1.29 is 33.8 Å². The van der Waals surface area contributed by atoms with Gasteiger partial charge in [-0.3, -0.25) is 0 Å². The van der Waals surface area contributed by atoms with Crippen molar-refractivity contribution in [2.24, 2.45) is 5.89 Å². The van der Waals surface area contributed by atoms with Crippen LogP contribution in [0.1, 0.15) is 51.2 Å². The lowest BCUT2D eigenvalue weighted by molar-refractivity contribution is 0.104. The van der Waals surface area contributed by atoms with Crippen LogP contribution >= 0.6 is 0 Å². The molecule has 2 N–H and O–H groups in total. The highest BCUT2D eigenvalue weighted by molar-refractivity contribution is 5.27. The highest BCUT2D eigenvalue weighted by Crippen LogP contribution is 2.28. The van der Waals surface area contributed by atoms with Crippen molar-refractivity contribution in [3.05, 3.63) is 29.8 Å². The van der Waals surface area contributed by atoms with Gasteiger partial charge < -0.3 is 19.9 Å². The molecule has 0 aliphatic heterocycles. The second kappa shape index (κ2) is 9.13. The summed E-state index contributed by atoms with van der Waals surface area (Å²) in [6, 6.07) is 3.28. The maximum absolute atomic E-state index is 10.0. The molecule has 22 heavy (non-hydrogen) atoms. The zero-order chi connectivity index (χ0) is 28.0. The quantitative estimate of drug-likeness (QED) is 0.657. The van der Waals surface area contributed by atoms with E-state index in [1.807, 2.05) is 0 Å². The molecule has 0 spiro atoms. The minimum absolute atomic E-state index is 0.171. The van der Waals surface area contributed by atoms with Crippen LogP contribution < -0.4 is 10.1 Å². The van der Waals surface area contributed by atoms with Crippen LogP contribution in [0, 0.1) is 5.89 Å². The smallest absolute Gasteiger partial charge is 0.119 e. The van der Waals surface area contributed by atoms with Gasteiger partial charge in [0.2, 0.25) is 0 Å². The monoisotopic (exact) mass is 321 g/mol. The Labute approximate surface area is 153 Å². The standard InChI is InChI=1S/C18H29NO3/c1-14(2)19-11-17(20)13-22-18-7-5-15(6-8-18)9-10-21-12-16-3-4-16/h5-8,14,16-17,19-20H,3-4,9-13H2,1-2H3/i1D3,2D3,3D2,4D2,12D2,14D,16D. The van der Waals surface area contributed by atoms with E-state index in [9.17, 15) is 5.11 Å². The summed E-state index contributed by atoms with van der Waals surface area (Å²) in [5, 5.41) is 12.1. The van der Waals surface area contributed by atoms with E-state index in [4.69, 9.17) is 28.7 Å².